The summed E-state index contributed by atoms with van der Waals surface area (Å²) in [6.45, 7) is 3.97. The predicted octanol–water partition coefficient (Wildman–Crippen LogP) is 4.09. The van der Waals surface area contributed by atoms with Gasteiger partial charge in [0.1, 0.15) is 0 Å². The lowest BCUT2D eigenvalue weighted by atomic mass is 9.95. The molecule has 1 heterocycles. The van der Waals surface area contributed by atoms with Gasteiger partial charge >= 0.3 is 0 Å². The first-order chi connectivity index (χ1) is 12.7. The maximum absolute atomic E-state index is 13.0. The van der Waals surface area contributed by atoms with E-state index in [1.807, 2.05) is 25.1 Å². The average molecular weight is 357 g/mol. The van der Waals surface area contributed by atoms with Crippen LogP contribution in [0.2, 0.25) is 0 Å². The van der Waals surface area contributed by atoms with E-state index in [0.717, 1.165) is 38.0 Å². The molecule has 5 nitrogen and oxygen atoms in total. The van der Waals surface area contributed by atoms with E-state index in [2.05, 4.69) is 15.5 Å². The van der Waals surface area contributed by atoms with Crippen molar-refractivity contribution in [3.63, 3.8) is 0 Å². The molecule has 0 aromatic heterocycles. The number of carbonyl (C=O) groups excluding carboxylic acids is 2. The third-order valence-electron chi connectivity index (χ3n) is 5.39. The summed E-state index contributed by atoms with van der Waals surface area (Å²) in [5.41, 5.74) is 2.39. The lowest BCUT2D eigenvalue weighted by molar-refractivity contribution is -0.116. The van der Waals surface area contributed by atoms with E-state index in [0.29, 0.717) is 17.7 Å². The highest BCUT2D eigenvalue weighted by molar-refractivity contribution is 6.02. The number of benzene rings is 1. The van der Waals surface area contributed by atoms with Crippen molar-refractivity contribution in [2.75, 3.05) is 23.3 Å². The second-order valence-electron chi connectivity index (χ2n) is 7.53. The largest absolute Gasteiger partial charge is 0.371 e. The molecule has 1 aliphatic heterocycles. The first kappa shape index (κ1) is 18.7. The summed E-state index contributed by atoms with van der Waals surface area (Å²) in [7, 11) is 0. The highest BCUT2D eigenvalue weighted by Gasteiger charge is 2.23. The summed E-state index contributed by atoms with van der Waals surface area (Å²) in [6, 6.07) is 6.03. The average Bonchev–Trinajstić information content (AvgIpc) is 3.17. The molecule has 2 fully saturated rings. The van der Waals surface area contributed by atoms with Crippen molar-refractivity contribution in [1.29, 1.82) is 0 Å². The SMILES string of the molecule is CCCC(=O)Nc1ccc(N2CCCC2)c(C(=O)NC2CCCCC2)c1. The minimum atomic E-state index is -0.00890. The number of nitrogens with zero attached hydrogens (tertiary/aromatic N) is 1. The Balaban J connectivity index is 1.80. The minimum Gasteiger partial charge on any atom is -0.371 e. The molecular formula is C21H31N3O2. The smallest absolute Gasteiger partial charge is 0.253 e. The maximum Gasteiger partial charge on any atom is 0.253 e. The molecule has 1 aromatic rings. The van der Waals surface area contributed by atoms with Gasteiger partial charge in [0.25, 0.3) is 5.91 Å². The fourth-order valence-electron chi connectivity index (χ4n) is 3.99. The maximum atomic E-state index is 13.0. The van der Waals surface area contributed by atoms with Gasteiger partial charge in [-0.25, -0.2) is 0 Å². The van der Waals surface area contributed by atoms with Crippen LogP contribution < -0.4 is 15.5 Å². The molecule has 0 bridgehead atoms. The summed E-state index contributed by atoms with van der Waals surface area (Å²) in [6.07, 6.45) is 9.43. The van der Waals surface area contributed by atoms with Crippen molar-refractivity contribution >= 4 is 23.2 Å². The van der Waals surface area contributed by atoms with E-state index in [1.54, 1.807) is 0 Å². The molecule has 0 atom stereocenters. The number of hydrogen-bond donors (Lipinski definition) is 2. The van der Waals surface area contributed by atoms with Crippen LogP contribution in [0.1, 0.15) is 75.1 Å². The molecule has 0 spiro atoms. The van der Waals surface area contributed by atoms with E-state index in [4.69, 9.17) is 0 Å². The highest BCUT2D eigenvalue weighted by Crippen LogP contribution is 2.28. The Morgan fingerprint density at radius 2 is 1.81 bits per heavy atom. The van der Waals surface area contributed by atoms with Gasteiger partial charge in [-0.1, -0.05) is 26.2 Å². The molecule has 0 radical (unpaired) electrons. The van der Waals surface area contributed by atoms with E-state index >= 15 is 0 Å². The summed E-state index contributed by atoms with van der Waals surface area (Å²) >= 11 is 0. The Morgan fingerprint density at radius 1 is 1.08 bits per heavy atom. The summed E-state index contributed by atoms with van der Waals surface area (Å²) in [5, 5.41) is 6.15. The van der Waals surface area contributed by atoms with Crippen molar-refractivity contribution in [1.82, 2.24) is 5.32 Å². The molecule has 1 saturated carbocycles. The Morgan fingerprint density at radius 3 is 2.50 bits per heavy atom. The number of carbonyl (C=O) groups is 2. The Kier molecular flexibility index (Phi) is 6.53. The van der Waals surface area contributed by atoms with Gasteiger partial charge in [-0.2, -0.15) is 0 Å². The van der Waals surface area contributed by atoms with Gasteiger partial charge in [0.2, 0.25) is 5.91 Å². The van der Waals surface area contributed by atoms with Gasteiger partial charge in [-0.05, 0) is 50.3 Å². The van der Waals surface area contributed by atoms with Crippen LogP contribution in [0, 0.1) is 0 Å². The van der Waals surface area contributed by atoms with E-state index in [-0.39, 0.29) is 17.9 Å². The lowest BCUT2D eigenvalue weighted by Crippen LogP contribution is -2.37. The van der Waals surface area contributed by atoms with Gasteiger partial charge < -0.3 is 15.5 Å². The van der Waals surface area contributed by atoms with Crippen molar-refractivity contribution in [3.8, 4) is 0 Å². The van der Waals surface area contributed by atoms with Crippen molar-refractivity contribution < 1.29 is 9.59 Å². The summed E-state index contributed by atoms with van der Waals surface area (Å²) in [5.74, 6) is -0.00884. The number of amides is 2. The van der Waals surface area contributed by atoms with Crippen LogP contribution in [-0.4, -0.2) is 30.9 Å². The molecule has 1 saturated heterocycles. The van der Waals surface area contributed by atoms with Crippen LogP contribution in [0.5, 0.6) is 0 Å². The molecule has 5 heteroatoms. The zero-order valence-electron chi connectivity index (χ0n) is 15.9. The Hall–Kier alpha value is -2.04. The summed E-state index contributed by atoms with van der Waals surface area (Å²) < 4.78 is 0. The van der Waals surface area contributed by atoms with Crippen LogP contribution in [0.15, 0.2) is 18.2 Å². The lowest BCUT2D eigenvalue weighted by Gasteiger charge is -2.25. The normalized spacial score (nSPS) is 18.0. The minimum absolute atomic E-state index is 0.0000567. The first-order valence-electron chi connectivity index (χ1n) is 10.2. The molecular weight excluding hydrogens is 326 g/mol. The molecule has 2 N–H and O–H groups in total. The second-order valence-corrected chi connectivity index (χ2v) is 7.53. The Labute approximate surface area is 156 Å². The van der Waals surface area contributed by atoms with E-state index < -0.39 is 0 Å². The van der Waals surface area contributed by atoms with E-state index in [1.165, 1.54) is 32.1 Å². The predicted molar refractivity (Wildman–Crippen MR) is 106 cm³/mol. The molecule has 1 aliphatic carbocycles. The second kappa shape index (κ2) is 9.06. The van der Waals surface area contributed by atoms with Gasteiger partial charge in [0.05, 0.1) is 5.56 Å². The standard InChI is InChI=1S/C21H31N3O2/c1-2-8-20(25)22-17-11-12-19(24-13-6-7-14-24)18(15-17)21(26)23-16-9-4-3-5-10-16/h11-12,15-16H,2-10,13-14H2,1H3,(H,22,25)(H,23,26). The molecule has 1 aromatic carbocycles. The van der Waals surface area contributed by atoms with Gasteiger partial charge in [-0.3, -0.25) is 9.59 Å². The third kappa shape index (κ3) is 4.77. The fourth-order valence-corrected chi connectivity index (χ4v) is 3.99. The van der Waals surface area contributed by atoms with E-state index in [9.17, 15) is 9.59 Å². The molecule has 0 unspecified atom stereocenters. The van der Waals surface area contributed by atoms with Crippen LogP contribution in [-0.2, 0) is 4.79 Å². The zero-order chi connectivity index (χ0) is 18.4. The van der Waals surface area contributed by atoms with Crippen LogP contribution in [0.25, 0.3) is 0 Å². The fraction of sp³-hybridized carbons (Fsp3) is 0.619. The first-order valence-corrected chi connectivity index (χ1v) is 10.2. The van der Waals surface area contributed by atoms with Crippen LogP contribution in [0.3, 0.4) is 0 Å². The number of anilines is 2. The third-order valence-corrected chi connectivity index (χ3v) is 5.39. The van der Waals surface area contributed by atoms with Crippen molar-refractivity contribution in [3.05, 3.63) is 23.8 Å². The van der Waals surface area contributed by atoms with Crippen molar-refractivity contribution in [2.24, 2.45) is 0 Å². The topological polar surface area (TPSA) is 61.4 Å². The molecule has 2 amide bonds. The van der Waals surface area contributed by atoms with Gasteiger partial charge in [0.15, 0.2) is 0 Å². The zero-order valence-corrected chi connectivity index (χ0v) is 15.9. The Bertz CT molecular complexity index is 632. The quantitative estimate of drug-likeness (QED) is 0.806. The summed E-state index contributed by atoms with van der Waals surface area (Å²) in [4.78, 5) is 27.2. The number of hydrogen-bond acceptors (Lipinski definition) is 3. The molecule has 2 aliphatic rings. The number of rotatable bonds is 6. The molecule has 26 heavy (non-hydrogen) atoms. The highest BCUT2D eigenvalue weighted by atomic mass is 16.2. The van der Waals surface area contributed by atoms with Crippen molar-refractivity contribution in [2.45, 2.75) is 70.8 Å². The van der Waals surface area contributed by atoms with Gasteiger partial charge in [0, 0.05) is 36.9 Å². The van der Waals surface area contributed by atoms with Gasteiger partial charge in [-0.15, -0.1) is 0 Å². The van der Waals surface area contributed by atoms with Crippen LogP contribution in [0.4, 0.5) is 11.4 Å². The monoisotopic (exact) mass is 357 g/mol. The van der Waals surface area contributed by atoms with Crippen LogP contribution >= 0.6 is 0 Å². The molecule has 3 rings (SSSR count). The number of nitrogens with one attached hydrogen (secondary N) is 2. The molecule has 142 valence electrons.